The van der Waals surface area contributed by atoms with Crippen molar-refractivity contribution in [1.82, 2.24) is 10.2 Å². The summed E-state index contributed by atoms with van der Waals surface area (Å²) in [6.07, 6.45) is 0.238. The molecule has 1 unspecified atom stereocenters. The molecule has 4 amide bonds. The molecular weight excluding hydrogens is 354 g/mol. The number of rotatable bonds is 5. The second-order valence-corrected chi connectivity index (χ2v) is 6.50. The van der Waals surface area contributed by atoms with Crippen molar-refractivity contribution >= 4 is 35.3 Å². The van der Waals surface area contributed by atoms with Crippen molar-refractivity contribution in [1.29, 1.82) is 0 Å². The van der Waals surface area contributed by atoms with Crippen molar-refractivity contribution in [3.63, 3.8) is 0 Å². The van der Waals surface area contributed by atoms with Crippen LogP contribution in [0.3, 0.4) is 0 Å². The van der Waals surface area contributed by atoms with Crippen molar-refractivity contribution < 1.29 is 28.7 Å². The van der Waals surface area contributed by atoms with Gasteiger partial charge in [0.1, 0.15) is 6.04 Å². The highest BCUT2D eigenvalue weighted by Crippen LogP contribution is 2.32. The number of methoxy groups -OCH3 is 1. The van der Waals surface area contributed by atoms with Gasteiger partial charge in [0.2, 0.25) is 11.8 Å². The van der Waals surface area contributed by atoms with Crippen LogP contribution in [0.2, 0.25) is 0 Å². The maximum absolute atomic E-state index is 12.9. The first-order valence-electron chi connectivity index (χ1n) is 8.51. The number of carbonyl (C=O) groups excluding carboxylic acids is 5. The molecule has 1 aromatic carbocycles. The predicted octanol–water partition coefficient (Wildman–Crippen LogP) is 0.451. The normalized spacial score (nSPS) is 20.2. The minimum absolute atomic E-state index is 0.0606. The number of benzene rings is 1. The maximum atomic E-state index is 12.9. The van der Waals surface area contributed by atoms with Crippen LogP contribution in [-0.4, -0.2) is 53.7 Å². The Morgan fingerprint density at radius 2 is 2.04 bits per heavy atom. The van der Waals surface area contributed by atoms with Gasteiger partial charge in [0.15, 0.2) is 0 Å². The number of ether oxygens (including phenoxy) is 1. The molecule has 0 aromatic heterocycles. The second-order valence-electron chi connectivity index (χ2n) is 6.50. The summed E-state index contributed by atoms with van der Waals surface area (Å²) in [4.78, 5) is 61.4. The van der Waals surface area contributed by atoms with Crippen molar-refractivity contribution in [3.05, 3.63) is 29.3 Å². The zero-order valence-corrected chi connectivity index (χ0v) is 14.9. The van der Waals surface area contributed by atoms with Gasteiger partial charge in [0.25, 0.3) is 11.8 Å². The van der Waals surface area contributed by atoms with E-state index in [4.69, 9.17) is 0 Å². The molecule has 2 atom stereocenters. The molecule has 2 aliphatic rings. The van der Waals surface area contributed by atoms with E-state index < -0.39 is 35.6 Å². The van der Waals surface area contributed by atoms with E-state index in [0.29, 0.717) is 5.69 Å². The Kier molecular flexibility index (Phi) is 4.93. The Balaban J connectivity index is 1.87. The zero-order valence-electron chi connectivity index (χ0n) is 14.9. The van der Waals surface area contributed by atoms with Crippen LogP contribution in [0, 0.1) is 0 Å². The van der Waals surface area contributed by atoms with E-state index in [2.05, 4.69) is 15.4 Å². The Hall–Kier alpha value is -3.23. The summed E-state index contributed by atoms with van der Waals surface area (Å²) in [5, 5.41) is 5.20. The van der Waals surface area contributed by atoms with Gasteiger partial charge in [-0.1, -0.05) is 6.07 Å². The number of hydrogen-bond donors (Lipinski definition) is 2. The summed E-state index contributed by atoms with van der Waals surface area (Å²) in [6.45, 7) is 1.75. The third-order valence-corrected chi connectivity index (χ3v) is 4.57. The number of anilines is 1. The number of carbonyl (C=O) groups is 5. The number of amides is 4. The molecule has 2 N–H and O–H groups in total. The fourth-order valence-electron chi connectivity index (χ4n) is 3.29. The molecule has 142 valence electrons. The lowest BCUT2D eigenvalue weighted by molar-refractivity contribution is -0.141. The number of fused-ring (bicyclic) bond motifs is 1. The standard InChI is InChI=1S/C18H19N3O6/c1-9(8-14(23)27-2)19-11-5-3-4-10-15(11)18(26)21(17(10)25)12-6-7-13(22)20-16(12)24/h3-5,9,12,19H,6-8H2,1-2H3,(H,20,22,24)/t9-,12?/m1/s1. The van der Waals surface area contributed by atoms with Gasteiger partial charge in [0, 0.05) is 18.2 Å². The summed E-state index contributed by atoms with van der Waals surface area (Å²) < 4.78 is 4.63. The van der Waals surface area contributed by atoms with E-state index in [1.54, 1.807) is 19.1 Å². The number of imide groups is 2. The lowest BCUT2D eigenvalue weighted by Crippen LogP contribution is -2.54. The minimum atomic E-state index is -1.02. The van der Waals surface area contributed by atoms with Gasteiger partial charge in [-0.05, 0) is 25.5 Å². The molecule has 2 heterocycles. The monoisotopic (exact) mass is 373 g/mol. The Bertz CT molecular complexity index is 849. The number of esters is 1. The van der Waals surface area contributed by atoms with E-state index in [1.807, 2.05) is 0 Å². The van der Waals surface area contributed by atoms with E-state index in [9.17, 15) is 24.0 Å². The average molecular weight is 373 g/mol. The van der Waals surface area contributed by atoms with Gasteiger partial charge in [-0.25, -0.2) is 0 Å². The van der Waals surface area contributed by atoms with E-state index in [1.165, 1.54) is 13.2 Å². The lowest BCUT2D eigenvalue weighted by Gasteiger charge is -2.27. The summed E-state index contributed by atoms with van der Waals surface area (Å²) in [5.41, 5.74) is 0.737. The van der Waals surface area contributed by atoms with Crippen LogP contribution in [0.1, 0.15) is 46.9 Å². The van der Waals surface area contributed by atoms with Crippen LogP contribution < -0.4 is 10.6 Å². The first kappa shape index (κ1) is 18.6. The smallest absolute Gasteiger partial charge is 0.307 e. The highest BCUT2D eigenvalue weighted by Gasteiger charge is 2.45. The topological polar surface area (TPSA) is 122 Å². The lowest BCUT2D eigenvalue weighted by atomic mass is 10.0. The van der Waals surface area contributed by atoms with Crippen molar-refractivity contribution in [2.45, 2.75) is 38.3 Å². The predicted molar refractivity (Wildman–Crippen MR) is 92.8 cm³/mol. The first-order chi connectivity index (χ1) is 12.8. The molecule has 1 fully saturated rings. The Morgan fingerprint density at radius 3 is 2.70 bits per heavy atom. The van der Waals surface area contributed by atoms with E-state index >= 15 is 0 Å². The maximum Gasteiger partial charge on any atom is 0.307 e. The fourth-order valence-corrected chi connectivity index (χ4v) is 3.29. The highest BCUT2D eigenvalue weighted by molar-refractivity contribution is 6.25. The van der Waals surface area contributed by atoms with Crippen molar-refractivity contribution in [2.75, 3.05) is 12.4 Å². The largest absolute Gasteiger partial charge is 0.469 e. The number of nitrogens with one attached hydrogen (secondary N) is 2. The van der Waals surface area contributed by atoms with E-state index in [0.717, 1.165) is 4.90 Å². The number of nitrogens with zero attached hydrogens (tertiary/aromatic N) is 1. The zero-order chi connectivity index (χ0) is 19.7. The molecule has 1 saturated heterocycles. The molecule has 9 heteroatoms. The molecule has 27 heavy (non-hydrogen) atoms. The quantitative estimate of drug-likeness (QED) is 0.568. The molecule has 9 nitrogen and oxygen atoms in total. The third-order valence-electron chi connectivity index (χ3n) is 4.57. The minimum Gasteiger partial charge on any atom is -0.469 e. The summed E-state index contributed by atoms with van der Waals surface area (Å²) in [7, 11) is 1.29. The number of piperidine rings is 1. The van der Waals surface area contributed by atoms with E-state index in [-0.39, 0.29) is 36.4 Å². The van der Waals surface area contributed by atoms with Crippen LogP contribution in [0.15, 0.2) is 18.2 Å². The van der Waals surface area contributed by atoms with Gasteiger partial charge in [-0.2, -0.15) is 0 Å². The average Bonchev–Trinajstić information content (AvgIpc) is 2.87. The van der Waals surface area contributed by atoms with Crippen molar-refractivity contribution in [3.8, 4) is 0 Å². The van der Waals surface area contributed by atoms with Gasteiger partial charge < -0.3 is 10.1 Å². The van der Waals surface area contributed by atoms with Crippen LogP contribution in [-0.2, 0) is 19.1 Å². The van der Waals surface area contributed by atoms with Gasteiger partial charge in [0.05, 0.1) is 24.7 Å². The van der Waals surface area contributed by atoms with Gasteiger partial charge >= 0.3 is 5.97 Å². The molecule has 0 aliphatic carbocycles. The molecule has 0 saturated carbocycles. The van der Waals surface area contributed by atoms with Crippen LogP contribution >= 0.6 is 0 Å². The molecule has 2 aliphatic heterocycles. The second kappa shape index (κ2) is 7.18. The summed E-state index contributed by atoms with van der Waals surface area (Å²) >= 11 is 0. The van der Waals surface area contributed by atoms with Gasteiger partial charge in [-0.3, -0.25) is 34.2 Å². The SMILES string of the molecule is COC(=O)C[C@@H](C)Nc1cccc2c1C(=O)N(C1CCC(=O)NC1=O)C2=O. The van der Waals surface area contributed by atoms with Crippen LogP contribution in [0.25, 0.3) is 0 Å². The molecule has 0 radical (unpaired) electrons. The van der Waals surface area contributed by atoms with Crippen LogP contribution in [0.4, 0.5) is 5.69 Å². The highest BCUT2D eigenvalue weighted by atomic mass is 16.5. The number of hydrogen-bond acceptors (Lipinski definition) is 7. The third kappa shape index (κ3) is 3.40. The molecule has 0 bridgehead atoms. The molecule has 3 rings (SSSR count). The first-order valence-corrected chi connectivity index (χ1v) is 8.51. The molecular formula is C18H19N3O6. The van der Waals surface area contributed by atoms with Gasteiger partial charge in [-0.15, -0.1) is 0 Å². The molecule has 1 aromatic rings. The fraction of sp³-hybridized carbons (Fsp3) is 0.389. The van der Waals surface area contributed by atoms with Crippen LogP contribution in [0.5, 0.6) is 0 Å². The Labute approximate surface area is 155 Å². The Morgan fingerprint density at radius 1 is 1.30 bits per heavy atom. The summed E-state index contributed by atoms with van der Waals surface area (Å²) in [6, 6.07) is 3.40. The summed E-state index contributed by atoms with van der Waals surface area (Å²) in [5.74, 6) is -2.66. The van der Waals surface area contributed by atoms with Crippen molar-refractivity contribution in [2.24, 2.45) is 0 Å². The molecule has 0 spiro atoms.